The van der Waals surface area contributed by atoms with Crippen LogP contribution in [0, 0.1) is 23.7 Å². The molecule has 1 N–H and O–H groups in total. The van der Waals surface area contributed by atoms with E-state index < -0.39 is 17.8 Å². The van der Waals surface area contributed by atoms with Crippen LogP contribution in [0.3, 0.4) is 0 Å². The zero-order valence-corrected chi connectivity index (χ0v) is 16.7. The van der Waals surface area contributed by atoms with Crippen molar-refractivity contribution in [3.05, 3.63) is 23.9 Å². The molecule has 2 aliphatic rings. The lowest BCUT2D eigenvalue weighted by Crippen LogP contribution is -2.55. The lowest BCUT2D eigenvalue weighted by atomic mass is 9.89. The number of terminal acetylenes is 1. The van der Waals surface area contributed by atoms with Gasteiger partial charge in [-0.25, -0.2) is 4.98 Å². The van der Waals surface area contributed by atoms with Crippen LogP contribution in [0.4, 0.5) is 19.0 Å². The maximum Gasteiger partial charge on any atom is 0.417 e. The predicted octanol–water partition coefficient (Wildman–Crippen LogP) is 2.57. The second-order valence-electron chi connectivity index (χ2n) is 8.01. The second-order valence-corrected chi connectivity index (χ2v) is 8.01. The number of nitriles is 1. The average Bonchev–Trinajstić information content (AvgIpc) is 3.15. The Morgan fingerprint density at radius 2 is 2.00 bits per heavy atom. The number of piperidine rings is 1. The number of alkyl halides is 3. The number of rotatable bonds is 4. The van der Waals surface area contributed by atoms with Gasteiger partial charge in [0.2, 0.25) is 5.91 Å². The Morgan fingerprint density at radius 1 is 1.33 bits per heavy atom. The molecule has 0 saturated carbocycles. The van der Waals surface area contributed by atoms with Crippen LogP contribution in [0.2, 0.25) is 0 Å². The van der Waals surface area contributed by atoms with Crippen molar-refractivity contribution in [2.24, 2.45) is 0 Å². The molecule has 0 bridgehead atoms. The highest BCUT2D eigenvalue weighted by Gasteiger charge is 2.37. The molecule has 2 aliphatic heterocycles. The molecule has 2 fully saturated rings. The van der Waals surface area contributed by atoms with Crippen molar-refractivity contribution in [3.8, 4) is 18.4 Å². The number of nitrogens with zero attached hydrogens (tertiary/aromatic N) is 4. The Bertz CT molecular complexity index is 825. The van der Waals surface area contributed by atoms with E-state index in [-0.39, 0.29) is 24.0 Å². The number of amides is 1. The quantitative estimate of drug-likeness (QED) is 0.760. The van der Waals surface area contributed by atoms with Gasteiger partial charge < -0.3 is 15.1 Å². The Balaban J connectivity index is 1.54. The van der Waals surface area contributed by atoms with Crippen LogP contribution >= 0.6 is 0 Å². The van der Waals surface area contributed by atoms with E-state index in [0.717, 1.165) is 12.3 Å². The van der Waals surface area contributed by atoms with Crippen molar-refractivity contribution < 1.29 is 18.0 Å². The molecule has 1 amide bonds. The number of nitrogens with one attached hydrogen (secondary N) is 1. The molecule has 0 unspecified atom stereocenters. The topological polar surface area (TPSA) is 72.3 Å². The molecule has 2 saturated heterocycles. The van der Waals surface area contributed by atoms with Gasteiger partial charge in [0.1, 0.15) is 11.9 Å². The number of carbonyl (C=O) groups is 1. The van der Waals surface area contributed by atoms with Crippen molar-refractivity contribution in [1.82, 2.24) is 15.2 Å². The maximum atomic E-state index is 12.7. The summed E-state index contributed by atoms with van der Waals surface area (Å²) in [5, 5.41) is 12.6. The van der Waals surface area contributed by atoms with Gasteiger partial charge in [0, 0.05) is 24.8 Å². The van der Waals surface area contributed by atoms with Crippen molar-refractivity contribution in [2.75, 3.05) is 24.5 Å². The molecule has 0 aliphatic carbocycles. The van der Waals surface area contributed by atoms with E-state index in [1.165, 1.54) is 11.0 Å². The Labute approximate surface area is 174 Å². The van der Waals surface area contributed by atoms with Crippen molar-refractivity contribution in [1.29, 1.82) is 5.26 Å². The van der Waals surface area contributed by atoms with E-state index in [1.807, 2.05) is 11.8 Å². The molecule has 0 aromatic carbocycles. The van der Waals surface area contributed by atoms with Gasteiger partial charge in [0.05, 0.1) is 24.2 Å². The van der Waals surface area contributed by atoms with Crippen LogP contribution in [-0.4, -0.2) is 53.0 Å². The van der Waals surface area contributed by atoms with Crippen LogP contribution < -0.4 is 10.2 Å². The van der Waals surface area contributed by atoms with Gasteiger partial charge in [0.25, 0.3) is 0 Å². The maximum absolute atomic E-state index is 12.7. The molecule has 0 spiro atoms. The van der Waals surface area contributed by atoms with E-state index in [0.29, 0.717) is 44.6 Å². The van der Waals surface area contributed by atoms with Gasteiger partial charge in [-0.05, 0) is 44.7 Å². The normalized spacial score (nSPS) is 23.7. The third-order valence-electron chi connectivity index (χ3n) is 5.95. The summed E-state index contributed by atoms with van der Waals surface area (Å²) >= 11 is 0. The Hall–Kier alpha value is -2.78. The number of hydrogen-bond acceptors (Lipinski definition) is 5. The fourth-order valence-corrected chi connectivity index (χ4v) is 3.98. The molecule has 160 valence electrons. The molecular weight excluding hydrogens is 395 g/mol. The summed E-state index contributed by atoms with van der Waals surface area (Å²) < 4.78 is 38.1. The Morgan fingerprint density at radius 3 is 2.53 bits per heavy atom. The van der Waals surface area contributed by atoms with E-state index in [2.05, 4.69) is 22.3 Å². The van der Waals surface area contributed by atoms with Crippen molar-refractivity contribution in [2.45, 2.75) is 56.4 Å². The third kappa shape index (κ3) is 4.68. The van der Waals surface area contributed by atoms with Crippen LogP contribution in [0.5, 0.6) is 0 Å². The van der Waals surface area contributed by atoms with Gasteiger partial charge in [-0.3, -0.25) is 4.79 Å². The summed E-state index contributed by atoms with van der Waals surface area (Å²) in [6.45, 7) is 3.31. The number of aromatic nitrogens is 1. The van der Waals surface area contributed by atoms with Gasteiger partial charge in [-0.2, -0.15) is 18.4 Å². The van der Waals surface area contributed by atoms with Crippen LogP contribution in [-0.2, 0) is 11.0 Å². The smallest absolute Gasteiger partial charge is 0.356 e. The minimum absolute atomic E-state index is 0.0887. The molecule has 30 heavy (non-hydrogen) atoms. The first-order valence-electron chi connectivity index (χ1n) is 9.87. The highest BCUT2D eigenvalue weighted by Crippen LogP contribution is 2.31. The van der Waals surface area contributed by atoms with E-state index in [1.54, 1.807) is 0 Å². The van der Waals surface area contributed by atoms with E-state index >= 15 is 0 Å². The molecule has 3 rings (SSSR count). The van der Waals surface area contributed by atoms with Crippen molar-refractivity contribution in [3.63, 3.8) is 0 Å². The number of pyridine rings is 1. The van der Waals surface area contributed by atoms with Gasteiger partial charge in [0.15, 0.2) is 0 Å². The summed E-state index contributed by atoms with van der Waals surface area (Å²) in [5.74, 6) is 2.91. The largest absolute Gasteiger partial charge is 0.417 e. The zero-order valence-electron chi connectivity index (χ0n) is 16.7. The van der Waals surface area contributed by atoms with E-state index in [9.17, 15) is 23.2 Å². The fraction of sp³-hybridized carbons (Fsp3) is 0.571. The fourth-order valence-electron chi connectivity index (χ4n) is 3.98. The third-order valence-corrected chi connectivity index (χ3v) is 5.95. The standard InChI is InChI=1S/C21H24F3N5O/c1-3-16-5-6-17(12-25)29(16)19(30)14-27-20(2)8-10-28(11-9-20)18-7-4-15(13-26-18)21(22,23)24/h1,4,7,13,16-17,27H,5-6,8-11,14H2,2H3/t16-,17-/m0/s1. The number of likely N-dealkylation sites (tertiary alicyclic amines) is 1. The first-order valence-corrected chi connectivity index (χ1v) is 9.87. The molecule has 1 aromatic heterocycles. The first kappa shape index (κ1) is 21.9. The molecule has 0 radical (unpaired) electrons. The van der Waals surface area contributed by atoms with Crippen LogP contribution in [0.15, 0.2) is 18.3 Å². The monoisotopic (exact) mass is 419 g/mol. The molecule has 1 aromatic rings. The molecular formula is C21H24F3N5O. The predicted molar refractivity (Wildman–Crippen MR) is 105 cm³/mol. The summed E-state index contributed by atoms with van der Waals surface area (Å²) in [7, 11) is 0. The van der Waals surface area contributed by atoms with Gasteiger partial charge >= 0.3 is 6.18 Å². The molecule has 3 heterocycles. The minimum atomic E-state index is -4.40. The lowest BCUT2D eigenvalue weighted by molar-refractivity contribution is -0.137. The second kappa shape index (κ2) is 8.53. The minimum Gasteiger partial charge on any atom is -0.356 e. The molecule has 9 heteroatoms. The number of carbonyl (C=O) groups excluding carboxylic acids is 1. The number of halogens is 3. The van der Waals surface area contributed by atoms with Crippen LogP contribution in [0.1, 0.15) is 38.2 Å². The molecule has 6 nitrogen and oxygen atoms in total. The van der Waals surface area contributed by atoms with Gasteiger partial charge in [-0.1, -0.05) is 5.92 Å². The molecule has 2 atom stereocenters. The summed E-state index contributed by atoms with van der Waals surface area (Å²) in [5.41, 5.74) is -1.07. The summed E-state index contributed by atoms with van der Waals surface area (Å²) in [6, 6.07) is 3.74. The number of anilines is 1. The van der Waals surface area contributed by atoms with E-state index in [4.69, 9.17) is 6.42 Å². The first-order chi connectivity index (χ1) is 14.2. The van der Waals surface area contributed by atoms with Crippen molar-refractivity contribution >= 4 is 11.7 Å². The lowest BCUT2D eigenvalue weighted by Gasteiger charge is -2.41. The Kier molecular flexibility index (Phi) is 6.23. The average molecular weight is 419 g/mol. The highest BCUT2D eigenvalue weighted by atomic mass is 19.4. The summed E-state index contributed by atoms with van der Waals surface area (Å²) in [6.07, 6.45) is 4.56. The summed E-state index contributed by atoms with van der Waals surface area (Å²) in [4.78, 5) is 20.1. The SMILES string of the molecule is C#C[C@H]1CC[C@@H](C#N)N1C(=O)CNC1(C)CCN(c2ccc(C(F)(F)F)cn2)CC1. The number of hydrogen-bond donors (Lipinski definition) is 1. The van der Waals surface area contributed by atoms with Crippen LogP contribution in [0.25, 0.3) is 0 Å². The highest BCUT2D eigenvalue weighted by molar-refractivity contribution is 5.80. The zero-order chi connectivity index (χ0) is 21.9. The van der Waals surface area contributed by atoms with Gasteiger partial charge in [-0.15, -0.1) is 6.42 Å².